The highest BCUT2D eigenvalue weighted by Gasteiger charge is 2.31. The molecule has 0 bridgehead atoms. The first-order chi connectivity index (χ1) is 8.25. The summed E-state index contributed by atoms with van der Waals surface area (Å²) < 4.78 is 37.8. The molecule has 2 N–H and O–H groups in total. The van der Waals surface area contributed by atoms with E-state index in [2.05, 4.69) is 4.99 Å². The molecule has 3 nitrogen and oxygen atoms in total. The minimum atomic E-state index is -4.41. The Balaban J connectivity index is 3.33. The Labute approximate surface area is 108 Å². The second kappa shape index (κ2) is 5.48. The van der Waals surface area contributed by atoms with Crippen LogP contribution in [-0.2, 0) is 6.18 Å². The second-order valence-corrected chi connectivity index (χ2v) is 4.10. The van der Waals surface area contributed by atoms with Crippen molar-refractivity contribution in [2.45, 2.75) is 6.18 Å². The number of halogens is 4. The van der Waals surface area contributed by atoms with E-state index in [1.54, 1.807) is 19.0 Å². The molecule has 0 spiro atoms. The van der Waals surface area contributed by atoms with Gasteiger partial charge in [-0.15, -0.1) is 11.6 Å². The van der Waals surface area contributed by atoms with Gasteiger partial charge in [0, 0.05) is 14.1 Å². The number of hydrogen-bond acceptors (Lipinski definition) is 2. The molecule has 18 heavy (non-hydrogen) atoms. The van der Waals surface area contributed by atoms with Gasteiger partial charge in [-0.25, -0.2) is 4.99 Å². The molecule has 1 aromatic carbocycles. The molecule has 1 aromatic rings. The molecular formula is C11H13ClF3N3. The van der Waals surface area contributed by atoms with E-state index in [9.17, 15) is 13.2 Å². The summed E-state index contributed by atoms with van der Waals surface area (Å²) in [5, 5.41) is 0. The zero-order valence-corrected chi connectivity index (χ0v) is 10.7. The van der Waals surface area contributed by atoms with Crippen LogP contribution in [-0.4, -0.2) is 25.8 Å². The predicted molar refractivity (Wildman–Crippen MR) is 67.8 cm³/mol. The van der Waals surface area contributed by atoms with Crippen molar-refractivity contribution < 1.29 is 13.2 Å². The lowest BCUT2D eigenvalue weighted by molar-refractivity contribution is -0.137. The molecule has 0 aliphatic carbocycles. The molecule has 100 valence electrons. The summed E-state index contributed by atoms with van der Waals surface area (Å²) in [7, 11) is 3.41. The van der Waals surface area contributed by atoms with Crippen molar-refractivity contribution in [1.29, 1.82) is 0 Å². The number of aliphatic imine (C=N–C) groups is 1. The largest absolute Gasteiger partial charge is 0.416 e. The summed E-state index contributed by atoms with van der Waals surface area (Å²) in [4.78, 5) is 5.55. The van der Waals surface area contributed by atoms with Crippen LogP contribution in [0.2, 0.25) is 0 Å². The molecule has 0 saturated carbocycles. The summed E-state index contributed by atoms with van der Waals surface area (Å²) >= 11 is 5.47. The number of benzene rings is 1. The first-order valence-electron chi connectivity index (χ1n) is 5.03. The van der Waals surface area contributed by atoms with Gasteiger partial charge in [0.05, 0.1) is 22.8 Å². The molecule has 0 aromatic heterocycles. The van der Waals surface area contributed by atoms with Crippen molar-refractivity contribution in [2.75, 3.05) is 24.9 Å². The SMILES string of the molecule is CN(C)c1ccc(C(F)(F)F)cc1N=C(N)CCl. The van der Waals surface area contributed by atoms with Gasteiger partial charge in [-0.2, -0.15) is 13.2 Å². The first-order valence-corrected chi connectivity index (χ1v) is 5.56. The van der Waals surface area contributed by atoms with Crippen LogP contribution in [0.25, 0.3) is 0 Å². The minimum Gasteiger partial charge on any atom is -0.386 e. The van der Waals surface area contributed by atoms with Crippen molar-refractivity contribution in [3.63, 3.8) is 0 Å². The maximum absolute atomic E-state index is 12.6. The maximum Gasteiger partial charge on any atom is 0.416 e. The molecule has 0 saturated heterocycles. The lowest BCUT2D eigenvalue weighted by atomic mass is 10.1. The third-order valence-electron chi connectivity index (χ3n) is 2.19. The lowest BCUT2D eigenvalue weighted by Crippen LogP contribution is -2.14. The van der Waals surface area contributed by atoms with Gasteiger partial charge >= 0.3 is 6.18 Å². The van der Waals surface area contributed by atoms with Crippen LogP contribution in [0.5, 0.6) is 0 Å². The van der Waals surface area contributed by atoms with Crippen LogP contribution in [0.3, 0.4) is 0 Å². The highest BCUT2D eigenvalue weighted by atomic mass is 35.5. The van der Waals surface area contributed by atoms with Crippen LogP contribution in [0.4, 0.5) is 24.5 Å². The monoisotopic (exact) mass is 279 g/mol. The van der Waals surface area contributed by atoms with E-state index < -0.39 is 11.7 Å². The molecule has 7 heteroatoms. The zero-order valence-electron chi connectivity index (χ0n) is 9.92. The van der Waals surface area contributed by atoms with Gasteiger partial charge in [-0.3, -0.25) is 0 Å². The third-order valence-corrected chi connectivity index (χ3v) is 2.46. The molecule has 0 radical (unpaired) electrons. The van der Waals surface area contributed by atoms with Gasteiger partial charge in [0.1, 0.15) is 5.84 Å². The van der Waals surface area contributed by atoms with Gasteiger partial charge in [0.15, 0.2) is 0 Å². The van der Waals surface area contributed by atoms with Crippen molar-refractivity contribution in [2.24, 2.45) is 10.7 Å². The number of hydrogen-bond donors (Lipinski definition) is 1. The normalized spacial score (nSPS) is 12.7. The van der Waals surface area contributed by atoms with Crippen LogP contribution in [0.15, 0.2) is 23.2 Å². The first kappa shape index (κ1) is 14.6. The van der Waals surface area contributed by atoms with Gasteiger partial charge < -0.3 is 10.6 Å². The number of nitrogens with two attached hydrogens (primary N) is 1. The Bertz CT molecular complexity index is 455. The topological polar surface area (TPSA) is 41.6 Å². The summed E-state index contributed by atoms with van der Waals surface area (Å²) in [6.45, 7) is 0. The molecule has 0 amide bonds. The Morgan fingerprint density at radius 3 is 2.44 bits per heavy atom. The smallest absolute Gasteiger partial charge is 0.386 e. The van der Waals surface area contributed by atoms with Crippen molar-refractivity contribution >= 4 is 28.8 Å². The van der Waals surface area contributed by atoms with Crippen LogP contribution in [0.1, 0.15) is 5.56 Å². The molecule has 0 aliphatic rings. The number of nitrogens with zero attached hydrogens (tertiary/aromatic N) is 2. The van der Waals surface area contributed by atoms with Crippen molar-refractivity contribution in [3.8, 4) is 0 Å². The highest BCUT2D eigenvalue weighted by molar-refractivity contribution is 6.28. The van der Waals surface area contributed by atoms with E-state index in [0.29, 0.717) is 5.69 Å². The zero-order chi connectivity index (χ0) is 13.9. The van der Waals surface area contributed by atoms with Crippen LogP contribution >= 0.6 is 11.6 Å². The molecule has 0 unspecified atom stereocenters. The van der Waals surface area contributed by atoms with Crippen molar-refractivity contribution in [1.82, 2.24) is 0 Å². The minimum absolute atomic E-state index is 0.0386. The predicted octanol–water partition coefficient (Wildman–Crippen LogP) is 3.00. The van der Waals surface area contributed by atoms with E-state index in [4.69, 9.17) is 17.3 Å². The average Bonchev–Trinajstić information content (AvgIpc) is 2.27. The number of rotatable bonds is 3. The average molecular weight is 280 g/mol. The fourth-order valence-corrected chi connectivity index (χ4v) is 1.41. The Morgan fingerprint density at radius 2 is 2.00 bits per heavy atom. The summed E-state index contributed by atoms with van der Waals surface area (Å²) in [6, 6.07) is 3.31. The summed E-state index contributed by atoms with van der Waals surface area (Å²) in [5.74, 6) is 0.0300. The summed E-state index contributed by atoms with van der Waals surface area (Å²) in [5.41, 5.74) is 5.37. The molecule has 0 fully saturated rings. The fourth-order valence-electron chi connectivity index (χ4n) is 1.35. The van der Waals surface area contributed by atoms with Gasteiger partial charge in [0.2, 0.25) is 0 Å². The van der Waals surface area contributed by atoms with E-state index in [1.807, 2.05) is 0 Å². The third kappa shape index (κ3) is 3.53. The summed E-state index contributed by atoms with van der Waals surface area (Å²) in [6.07, 6.45) is -4.41. The fraction of sp³-hybridized carbons (Fsp3) is 0.364. The Hall–Kier alpha value is -1.43. The van der Waals surface area contributed by atoms with Crippen molar-refractivity contribution in [3.05, 3.63) is 23.8 Å². The van der Waals surface area contributed by atoms with E-state index in [-0.39, 0.29) is 17.4 Å². The van der Waals surface area contributed by atoms with Gasteiger partial charge in [0.25, 0.3) is 0 Å². The van der Waals surface area contributed by atoms with E-state index >= 15 is 0 Å². The maximum atomic E-state index is 12.6. The number of alkyl halides is 4. The molecular weight excluding hydrogens is 267 g/mol. The molecule has 0 aliphatic heterocycles. The van der Waals surface area contributed by atoms with Crippen LogP contribution in [0, 0.1) is 0 Å². The van der Waals surface area contributed by atoms with Gasteiger partial charge in [-0.05, 0) is 18.2 Å². The van der Waals surface area contributed by atoms with E-state index in [0.717, 1.165) is 12.1 Å². The van der Waals surface area contributed by atoms with E-state index in [1.165, 1.54) is 6.07 Å². The number of amidine groups is 1. The second-order valence-electron chi connectivity index (χ2n) is 3.83. The molecule has 1 rings (SSSR count). The highest BCUT2D eigenvalue weighted by Crippen LogP contribution is 2.36. The number of anilines is 1. The lowest BCUT2D eigenvalue weighted by Gasteiger charge is -2.17. The molecule has 0 atom stereocenters. The quantitative estimate of drug-likeness (QED) is 0.525. The molecule has 0 heterocycles. The Morgan fingerprint density at radius 1 is 1.39 bits per heavy atom. The van der Waals surface area contributed by atoms with Crippen LogP contribution < -0.4 is 10.6 Å². The van der Waals surface area contributed by atoms with Gasteiger partial charge in [-0.1, -0.05) is 0 Å². The standard InChI is InChI=1S/C11H13ClF3N3/c1-18(2)9-4-3-7(11(13,14)15)5-8(9)17-10(16)6-12/h3-5H,6H2,1-2H3,(H2,16,17). The Kier molecular flexibility index (Phi) is 4.45.